The summed E-state index contributed by atoms with van der Waals surface area (Å²) in [5, 5.41) is 6.96. The van der Waals surface area contributed by atoms with Crippen LogP contribution in [0.25, 0.3) is 65.9 Å². The SMILES string of the molecule is O=C1NC(=O)c2c1ccc(-c1cccc3c1[nH]c1ccccc13)c2-c1cccc2c1[nH]c1ccccc12. The van der Waals surface area contributed by atoms with Crippen molar-refractivity contribution in [1.29, 1.82) is 0 Å². The summed E-state index contributed by atoms with van der Waals surface area (Å²) in [7, 11) is 0. The van der Waals surface area contributed by atoms with Crippen LogP contribution in [0.3, 0.4) is 0 Å². The number of fused-ring (bicyclic) bond motifs is 7. The van der Waals surface area contributed by atoms with E-state index in [9.17, 15) is 9.59 Å². The summed E-state index contributed by atoms with van der Waals surface area (Å²) in [5.41, 5.74) is 8.35. The van der Waals surface area contributed by atoms with Crippen LogP contribution in [-0.4, -0.2) is 21.8 Å². The normalized spacial score (nSPS) is 13.2. The van der Waals surface area contributed by atoms with E-state index < -0.39 is 0 Å². The highest BCUT2D eigenvalue weighted by Crippen LogP contribution is 2.44. The highest BCUT2D eigenvalue weighted by Gasteiger charge is 2.33. The molecule has 0 unspecified atom stereocenters. The molecule has 0 fully saturated rings. The minimum atomic E-state index is -0.367. The van der Waals surface area contributed by atoms with Crippen molar-refractivity contribution >= 4 is 55.4 Å². The molecule has 0 aliphatic carbocycles. The Morgan fingerprint density at radius 1 is 0.405 bits per heavy atom. The number of carbonyl (C=O) groups excluding carboxylic acids is 2. The minimum Gasteiger partial charge on any atom is -0.354 e. The monoisotopic (exact) mass is 477 g/mol. The first-order valence-electron chi connectivity index (χ1n) is 12.2. The smallest absolute Gasteiger partial charge is 0.259 e. The molecule has 5 aromatic carbocycles. The maximum absolute atomic E-state index is 13.2. The van der Waals surface area contributed by atoms with E-state index in [0.29, 0.717) is 11.1 Å². The number of imide groups is 1. The molecule has 7 aromatic rings. The Kier molecular flexibility index (Phi) is 3.90. The van der Waals surface area contributed by atoms with Crippen molar-refractivity contribution in [2.45, 2.75) is 0 Å². The Hall–Kier alpha value is -5.16. The summed E-state index contributed by atoms with van der Waals surface area (Å²) in [6.45, 7) is 0. The molecule has 5 nitrogen and oxygen atoms in total. The minimum absolute atomic E-state index is 0.361. The third-order valence-electron chi connectivity index (χ3n) is 7.55. The first-order chi connectivity index (χ1) is 18.2. The lowest BCUT2D eigenvalue weighted by Gasteiger charge is -2.15. The van der Waals surface area contributed by atoms with Crippen LogP contribution in [0, 0.1) is 0 Å². The average molecular weight is 478 g/mol. The molecule has 2 aromatic heterocycles. The number of H-pyrrole nitrogens is 2. The maximum Gasteiger partial charge on any atom is 0.259 e. The molecule has 8 rings (SSSR count). The zero-order valence-corrected chi connectivity index (χ0v) is 19.6. The number of nitrogens with one attached hydrogen (secondary N) is 3. The van der Waals surface area contributed by atoms with Gasteiger partial charge in [-0.25, -0.2) is 0 Å². The Morgan fingerprint density at radius 3 is 1.62 bits per heavy atom. The number of aromatic nitrogens is 2. The maximum atomic E-state index is 13.2. The molecule has 5 heteroatoms. The van der Waals surface area contributed by atoms with Crippen LogP contribution in [-0.2, 0) is 0 Å². The first kappa shape index (κ1) is 20.1. The number of aromatic amines is 2. The van der Waals surface area contributed by atoms with Gasteiger partial charge in [-0.1, -0.05) is 78.9 Å². The molecule has 1 aliphatic heterocycles. The quantitative estimate of drug-likeness (QED) is 0.231. The van der Waals surface area contributed by atoms with E-state index in [1.54, 1.807) is 6.07 Å². The summed E-state index contributed by atoms with van der Waals surface area (Å²) < 4.78 is 0. The molecule has 0 spiro atoms. The second-order valence-corrected chi connectivity index (χ2v) is 9.49. The van der Waals surface area contributed by atoms with Gasteiger partial charge in [0, 0.05) is 49.3 Å². The number of carbonyl (C=O) groups is 2. The summed E-state index contributed by atoms with van der Waals surface area (Å²) in [5.74, 6) is -0.728. The van der Waals surface area contributed by atoms with Crippen LogP contribution in [0.1, 0.15) is 20.7 Å². The van der Waals surface area contributed by atoms with Crippen molar-refractivity contribution in [3.05, 3.63) is 108 Å². The van der Waals surface area contributed by atoms with Crippen molar-refractivity contribution in [1.82, 2.24) is 15.3 Å². The molecule has 37 heavy (non-hydrogen) atoms. The number of hydrogen-bond acceptors (Lipinski definition) is 2. The fourth-order valence-corrected chi connectivity index (χ4v) is 5.94. The number of rotatable bonds is 2. The Morgan fingerprint density at radius 2 is 0.946 bits per heavy atom. The van der Waals surface area contributed by atoms with Gasteiger partial charge in [0.1, 0.15) is 0 Å². The van der Waals surface area contributed by atoms with Crippen molar-refractivity contribution < 1.29 is 9.59 Å². The molecule has 0 saturated carbocycles. The third kappa shape index (κ3) is 2.68. The van der Waals surface area contributed by atoms with Gasteiger partial charge in [0.25, 0.3) is 11.8 Å². The third-order valence-corrected chi connectivity index (χ3v) is 7.55. The van der Waals surface area contributed by atoms with E-state index in [-0.39, 0.29) is 11.8 Å². The zero-order chi connectivity index (χ0) is 24.7. The molecule has 174 valence electrons. The summed E-state index contributed by atoms with van der Waals surface area (Å²) >= 11 is 0. The Balaban J connectivity index is 1.53. The van der Waals surface area contributed by atoms with Crippen LogP contribution in [0.2, 0.25) is 0 Å². The van der Waals surface area contributed by atoms with Crippen LogP contribution in [0.5, 0.6) is 0 Å². The van der Waals surface area contributed by atoms with Gasteiger partial charge in [0.15, 0.2) is 0 Å². The lowest BCUT2D eigenvalue weighted by Crippen LogP contribution is -2.20. The lowest BCUT2D eigenvalue weighted by molar-refractivity contribution is 0.0880. The van der Waals surface area contributed by atoms with Gasteiger partial charge in [0.05, 0.1) is 22.2 Å². The van der Waals surface area contributed by atoms with E-state index in [4.69, 9.17) is 0 Å². The van der Waals surface area contributed by atoms with Crippen molar-refractivity contribution in [3.63, 3.8) is 0 Å². The number of benzene rings is 5. The highest BCUT2D eigenvalue weighted by molar-refractivity contribution is 6.27. The first-order valence-corrected chi connectivity index (χ1v) is 12.2. The zero-order valence-electron chi connectivity index (χ0n) is 19.6. The second-order valence-electron chi connectivity index (χ2n) is 9.49. The fourth-order valence-electron chi connectivity index (χ4n) is 5.94. The molecular formula is C32H19N3O2. The summed E-state index contributed by atoms with van der Waals surface area (Å²) in [6.07, 6.45) is 0. The van der Waals surface area contributed by atoms with Gasteiger partial charge in [-0.3, -0.25) is 14.9 Å². The van der Waals surface area contributed by atoms with E-state index in [0.717, 1.165) is 65.9 Å². The molecule has 0 saturated heterocycles. The summed E-state index contributed by atoms with van der Waals surface area (Å²) in [4.78, 5) is 33.1. The number of para-hydroxylation sites is 4. The number of hydrogen-bond donors (Lipinski definition) is 3. The molecule has 0 bridgehead atoms. The predicted molar refractivity (Wildman–Crippen MR) is 148 cm³/mol. The largest absolute Gasteiger partial charge is 0.354 e. The topological polar surface area (TPSA) is 77.8 Å². The molecule has 3 heterocycles. The van der Waals surface area contributed by atoms with Crippen LogP contribution in [0.15, 0.2) is 97.1 Å². The van der Waals surface area contributed by atoms with E-state index >= 15 is 0 Å². The molecule has 2 amide bonds. The van der Waals surface area contributed by atoms with Gasteiger partial charge in [-0.15, -0.1) is 0 Å². The highest BCUT2D eigenvalue weighted by atomic mass is 16.2. The van der Waals surface area contributed by atoms with Gasteiger partial charge >= 0.3 is 0 Å². The van der Waals surface area contributed by atoms with E-state index in [1.165, 1.54) is 0 Å². The standard InChI is InChI=1S/C32H19N3O2/c36-31-24-16-15-19(22-11-5-9-20-17-7-1-3-13-25(17)33-29(20)22)27(28(24)32(37)35-31)23-12-6-10-21-18-8-2-4-14-26(18)34-30(21)23/h1-16,33-34H,(H,35,36,37). The molecule has 0 atom stereocenters. The van der Waals surface area contributed by atoms with Crippen molar-refractivity contribution in [2.24, 2.45) is 0 Å². The van der Waals surface area contributed by atoms with Gasteiger partial charge in [-0.05, 0) is 23.8 Å². The van der Waals surface area contributed by atoms with Gasteiger partial charge < -0.3 is 9.97 Å². The lowest BCUT2D eigenvalue weighted by atomic mass is 9.87. The van der Waals surface area contributed by atoms with Crippen LogP contribution in [0.4, 0.5) is 0 Å². The second kappa shape index (κ2) is 7.18. The molecule has 3 N–H and O–H groups in total. The summed E-state index contributed by atoms with van der Waals surface area (Å²) in [6, 6.07) is 32.5. The average Bonchev–Trinajstić information content (AvgIpc) is 3.59. The van der Waals surface area contributed by atoms with Crippen LogP contribution >= 0.6 is 0 Å². The Bertz CT molecular complexity index is 2110. The Labute approximate surface area is 210 Å². The molecular weight excluding hydrogens is 458 g/mol. The van der Waals surface area contributed by atoms with E-state index in [1.807, 2.05) is 48.5 Å². The number of amides is 2. The van der Waals surface area contributed by atoms with Gasteiger partial charge in [0.2, 0.25) is 0 Å². The molecule has 0 radical (unpaired) electrons. The van der Waals surface area contributed by atoms with E-state index in [2.05, 4.69) is 57.7 Å². The van der Waals surface area contributed by atoms with Crippen molar-refractivity contribution in [3.8, 4) is 22.3 Å². The fraction of sp³-hybridized carbons (Fsp3) is 0. The van der Waals surface area contributed by atoms with Crippen LogP contribution < -0.4 is 5.32 Å². The van der Waals surface area contributed by atoms with Gasteiger partial charge in [-0.2, -0.15) is 0 Å². The predicted octanol–water partition coefficient (Wildman–Crippen LogP) is 7.17. The molecule has 1 aliphatic rings. The van der Waals surface area contributed by atoms with Crippen molar-refractivity contribution in [2.75, 3.05) is 0 Å².